The molecule has 30 heavy (non-hydrogen) atoms. The van der Waals surface area contributed by atoms with Gasteiger partial charge in [-0.2, -0.15) is 0 Å². The summed E-state index contributed by atoms with van der Waals surface area (Å²) < 4.78 is 29.8. The molecular formula is C21H22F2N6O. The molecule has 2 fully saturated rings. The summed E-state index contributed by atoms with van der Waals surface area (Å²) in [4.78, 5) is 5.94. The van der Waals surface area contributed by atoms with Crippen LogP contribution in [0.5, 0.6) is 5.75 Å². The molecule has 2 aliphatic heterocycles. The molecule has 156 valence electrons. The van der Waals surface area contributed by atoms with Gasteiger partial charge >= 0.3 is 0 Å². The first-order chi connectivity index (χ1) is 14.4. The molecule has 0 amide bonds. The van der Waals surface area contributed by atoms with Crippen molar-refractivity contribution in [3.05, 3.63) is 49.1 Å². The van der Waals surface area contributed by atoms with Crippen LogP contribution in [0.15, 0.2) is 49.1 Å². The average Bonchev–Trinajstić information content (AvgIpc) is 3.34. The van der Waals surface area contributed by atoms with Gasteiger partial charge in [-0.05, 0) is 37.1 Å². The van der Waals surface area contributed by atoms with Gasteiger partial charge in [0.1, 0.15) is 5.75 Å². The number of phenols is 1. The minimum absolute atomic E-state index is 0.0161. The molecule has 0 radical (unpaired) electrons. The first-order valence-corrected chi connectivity index (χ1v) is 9.93. The van der Waals surface area contributed by atoms with E-state index in [4.69, 9.17) is 0 Å². The van der Waals surface area contributed by atoms with Crippen LogP contribution >= 0.6 is 0 Å². The van der Waals surface area contributed by atoms with Crippen LogP contribution in [-0.4, -0.2) is 56.0 Å². The molecule has 4 heterocycles. The zero-order valence-electron chi connectivity index (χ0n) is 16.4. The van der Waals surface area contributed by atoms with Gasteiger partial charge in [-0.3, -0.25) is 0 Å². The SMILES string of the molecule is CN(c1ccc(-c2ccc(-n3ccnc3)cc2O)nn1)[C@@H]1CC2CC(F)(F)C(C1)N2. The number of hydrogen-bond donors (Lipinski definition) is 2. The first kappa shape index (κ1) is 18.9. The number of imidazole rings is 1. The predicted molar refractivity (Wildman–Crippen MR) is 108 cm³/mol. The number of benzene rings is 1. The van der Waals surface area contributed by atoms with Crippen LogP contribution in [0.2, 0.25) is 0 Å². The normalized spacial score (nSPS) is 24.7. The Kier molecular flexibility index (Phi) is 4.43. The second-order valence-corrected chi connectivity index (χ2v) is 8.07. The lowest BCUT2D eigenvalue weighted by molar-refractivity contribution is -0.0128. The molecule has 2 saturated heterocycles. The summed E-state index contributed by atoms with van der Waals surface area (Å²) >= 11 is 0. The zero-order valence-corrected chi connectivity index (χ0v) is 16.4. The summed E-state index contributed by atoms with van der Waals surface area (Å²) in [7, 11) is 1.87. The molecule has 0 spiro atoms. The third kappa shape index (κ3) is 3.28. The van der Waals surface area contributed by atoms with Crippen LogP contribution < -0.4 is 10.2 Å². The van der Waals surface area contributed by atoms with Crippen molar-refractivity contribution in [3.63, 3.8) is 0 Å². The summed E-state index contributed by atoms with van der Waals surface area (Å²) in [6, 6.07) is 7.93. The molecule has 2 aromatic heterocycles. The zero-order chi connectivity index (χ0) is 20.9. The standard InChI is InChI=1S/C21H22F2N6O/c1-28(15-8-13-11-21(22,23)19(10-15)25-13)20-5-4-17(26-27-20)16-3-2-14(9-18(16)30)29-7-6-24-12-29/h2-7,9,12-13,15,19,25,30H,8,10-11H2,1H3/t13?,15-,19?/m1/s1. The minimum atomic E-state index is -2.64. The Balaban J connectivity index is 1.33. The number of alkyl halides is 2. The van der Waals surface area contributed by atoms with Crippen molar-refractivity contribution < 1.29 is 13.9 Å². The van der Waals surface area contributed by atoms with E-state index in [0.717, 1.165) is 5.69 Å². The van der Waals surface area contributed by atoms with E-state index in [2.05, 4.69) is 20.5 Å². The van der Waals surface area contributed by atoms with Gasteiger partial charge in [-0.25, -0.2) is 13.8 Å². The molecule has 3 atom stereocenters. The van der Waals surface area contributed by atoms with Crippen molar-refractivity contribution in [2.24, 2.45) is 0 Å². The largest absolute Gasteiger partial charge is 0.507 e. The maximum atomic E-state index is 14.0. The Hall–Kier alpha value is -3.07. The Morgan fingerprint density at radius 2 is 2.07 bits per heavy atom. The number of halogens is 2. The van der Waals surface area contributed by atoms with E-state index in [9.17, 15) is 13.9 Å². The van der Waals surface area contributed by atoms with Gasteiger partial charge in [-0.1, -0.05) is 0 Å². The smallest absolute Gasteiger partial charge is 0.264 e. The quantitative estimate of drug-likeness (QED) is 0.686. The molecule has 2 bridgehead atoms. The average molecular weight is 412 g/mol. The van der Waals surface area contributed by atoms with Gasteiger partial charge < -0.3 is 19.9 Å². The molecule has 7 nitrogen and oxygen atoms in total. The van der Waals surface area contributed by atoms with Crippen molar-refractivity contribution in [1.29, 1.82) is 0 Å². The molecule has 2 aliphatic rings. The van der Waals surface area contributed by atoms with E-state index in [0.29, 0.717) is 29.9 Å². The lowest BCUT2D eigenvalue weighted by atomic mass is 9.98. The van der Waals surface area contributed by atoms with Gasteiger partial charge in [0, 0.05) is 49.6 Å². The van der Waals surface area contributed by atoms with E-state index < -0.39 is 12.0 Å². The second-order valence-electron chi connectivity index (χ2n) is 8.07. The molecule has 2 unspecified atom stereocenters. The first-order valence-electron chi connectivity index (χ1n) is 9.93. The lowest BCUT2D eigenvalue weighted by Crippen LogP contribution is -2.49. The van der Waals surface area contributed by atoms with Crippen molar-refractivity contribution in [1.82, 2.24) is 25.1 Å². The number of aromatic nitrogens is 4. The molecule has 0 saturated carbocycles. The number of fused-ring (bicyclic) bond motifs is 2. The highest BCUT2D eigenvalue weighted by Gasteiger charge is 2.53. The fourth-order valence-corrected chi connectivity index (χ4v) is 4.49. The predicted octanol–water partition coefficient (Wildman–Crippen LogP) is 3.00. The molecule has 2 N–H and O–H groups in total. The number of nitrogens with one attached hydrogen (secondary N) is 1. The second kappa shape index (κ2) is 7.02. The number of piperidine rings is 1. The highest BCUT2D eigenvalue weighted by atomic mass is 19.3. The summed E-state index contributed by atoms with van der Waals surface area (Å²) in [5.74, 6) is -1.92. The number of phenolic OH excluding ortho intramolecular Hbond substituents is 1. The third-order valence-electron chi connectivity index (χ3n) is 6.15. The number of rotatable bonds is 4. The van der Waals surface area contributed by atoms with Crippen LogP contribution in [-0.2, 0) is 0 Å². The van der Waals surface area contributed by atoms with Gasteiger partial charge in [-0.15, -0.1) is 10.2 Å². The van der Waals surface area contributed by atoms with Crippen LogP contribution in [0.3, 0.4) is 0 Å². The van der Waals surface area contributed by atoms with Gasteiger partial charge in [0.15, 0.2) is 5.82 Å². The topological polar surface area (TPSA) is 79.1 Å². The third-order valence-corrected chi connectivity index (χ3v) is 6.15. The van der Waals surface area contributed by atoms with E-state index in [1.54, 1.807) is 41.5 Å². The molecule has 0 aliphatic carbocycles. The molecule has 3 aromatic rings. The maximum Gasteiger partial charge on any atom is 0.264 e. The van der Waals surface area contributed by atoms with E-state index in [-0.39, 0.29) is 24.3 Å². The van der Waals surface area contributed by atoms with E-state index in [1.807, 2.05) is 24.1 Å². The van der Waals surface area contributed by atoms with Crippen LogP contribution in [0, 0.1) is 0 Å². The van der Waals surface area contributed by atoms with Crippen LogP contribution in [0.25, 0.3) is 16.9 Å². The Morgan fingerprint density at radius 3 is 2.73 bits per heavy atom. The van der Waals surface area contributed by atoms with Gasteiger partial charge in [0.05, 0.1) is 23.8 Å². The van der Waals surface area contributed by atoms with Crippen LogP contribution in [0.1, 0.15) is 19.3 Å². The van der Waals surface area contributed by atoms with E-state index in [1.165, 1.54) is 0 Å². The summed E-state index contributed by atoms with van der Waals surface area (Å²) in [6.07, 6.45) is 6.05. The Labute approximate surface area is 172 Å². The number of anilines is 1. The molecular weight excluding hydrogens is 390 g/mol. The van der Waals surface area contributed by atoms with Crippen molar-refractivity contribution in [3.8, 4) is 22.7 Å². The fourth-order valence-electron chi connectivity index (χ4n) is 4.49. The van der Waals surface area contributed by atoms with E-state index >= 15 is 0 Å². The maximum absolute atomic E-state index is 14.0. The minimum Gasteiger partial charge on any atom is -0.507 e. The van der Waals surface area contributed by atoms with Gasteiger partial charge in [0.2, 0.25) is 0 Å². The Bertz CT molecular complexity index is 1040. The summed E-state index contributed by atoms with van der Waals surface area (Å²) in [5, 5.41) is 22.0. The highest BCUT2D eigenvalue weighted by molar-refractivity contribution is 5.69. The summed E-state index contributed by atoms with van der Waals surface area (Å²) in [5.41, 5.74) is 1.90. The molecule has 1 aromatic carbocycles. The molecule has 9 heteroatoms. The monoisotopic (exact) mass is 412 g/mol. The summed E-state index contributed by atoms with van der Waals surface area (Å²) in [6.45, 7) is 0. The Morgan fingerprint density at radius 1 is 1.20 bits per heavy atom. The lowest BCUT2D eigenvalue weighted by Gasteiger charge is -2.36. The highest BCUT2D eigenvalue weighted by Crippen LogP contribution is 2.40. The van der Waals surface area contributed by atoms with Crippen molar-refractivity contribution in [2.75, 3.05) is 11.9 Å². The number of nitrogens with zero attached hydrogens (tertiary/aromatic N) is 5. The molecule has 5 rings (SSSR count). The van der Waals surface area contributed by atoms with Crippen molar-refractivity contribution >= 4 is 5.82 Å². The number of hydrogen-bond acceptors (Lipinski definition) is 6. The number of aromatic hydroxyl groups is 1. The fraction of sp³-hybridized carbons (Fsp3) is 0.381. The van der Waals surface area contributed by atoms with Gasteiger partial charge in [0.25, 0.3) is 5.92 Å². The van der Waals surface area contributed by atoms with Crippen LogP contribution in [0.4, 0.5) is 14.6 Å². The van der Waals surface area contributed by atoms with Crippen molar-refractivity contribution in [2.45, 2.75) is 43.3 Å².